The normalized spacial score (nSPS) is 30.7. The lowest BCUT2D eigenvalue weighted by Crippen LogP contribution is -2.60. The Morgan fingerprint density at radius 1 is 0.818 bits per heavy atom. The van der Waals surface area contributed by atoms with Gasteiger partial charge in [0.15, 0.2) is 11.5 Å². The topological polar surface area (TPSA) is 129 Å². The van der Waals surface area contributed by atoms with E-state index in [1.165, 1.54) is 0 Å². The number of hydrogen-bond acceptors (Lipinski definition) is 8. The molecule has 0 radical (unpaired) electrons. The third-order valence-electron chi connectivity index (χ3n) is 6.27. The second-order valence-electron chi connectivity index (χ2n) is 8.78. The monoisotopic (exact) mass is 460 g/mol. The quantitative estimate of drug-likeness (QED) is 0.468. The van der Waals surface area contributed by atoms with Gasteiger partial charge >= 0.3 is 0 Å². The van der Waals surface area contributed by atoms with E-state index < -0.39 is 37.3 Å². The molecule has 0 saturated carbocycles. The molecule has 180 valence electrons. The highest BCUT2D eigenvalue weighted by molar-refractivity contribution is 5.46. The van der Waals surface area contributed by atoms with Crippen molar-refractivity contribution in [1.29, 1.82) is 0 Å². The first-order valence-electron chi connectivity index (χ1n) is 11.5. The molecular weight excluding hydrogens is 428 g/mol. The maximum absolute atomic E-state index is 10.3. The van der Waals surface area contributed by atoms with Crippen LogP contribution >= 0.6 is 0 Å². The average molecular weight is 461 g/mol. The third-order valence-corrected chi connectivity index (χ3v) is 6.27. The Labute approximate surface area is 193 Å². The van der Waals surface area contributed by atoms with Crippen molar-refractivity contribution in [2.24, 2.45) is 0 Å². The van der Waals surface area contributed by atoms with E-state index in [2.05, 4.69) is 0 Å². The molecule has 3 aliphatic rings. The zero-order valence-corrected chi connectivity index (χ0v) is 18.4. The number of rotatable bonds is 3. The highest BCUT2D eigenvalue weighted by atomic mass is 16.7. The Hall–Kier alpha value is -2.20. The SMILES string of the molecule is OCC1OC(Oc2ccc3cc2Oc2ccc(cc2)CC[C@H](O)CCCC3)C(O)C(O)[C@H]1O. The van der Waals surface area contributed by atoms with Gasteiger partial charge < -0.3 is 39.7 Å². The first kappa shape index (κ1) is 23.9. The molecule has 0 spiro atoms. The fourth-order valence-electron chi connectivity index (χ4n) is 4.21. The van der Waals surface area contributed by atoms with Gasteiger partial charge in [0.2, 0.25) is 6.29 Å². The summed E-state index contributed by atoms with van der Waals surface area (Å²) in [5.41, 5.74) is 2.15. The molecule has 1 fully saturated rings. The van der Waals surface area contributed by atoms with E-state index in [9.17, 15) is 25.5 Å². The summed E-state index contributed by atoms with van der Waals surface area (Å²) in [4.78, 5) is 0. The van der Waals surface area contributed by atoms with E-state index in [4.69, 9.17) is 14.2 Å². The van der Waals surface area contributed by atoms with Crippen molar-refractivity contribution in [2.75, 3.05) is 6.61 Å². The Kier molecular flexibility index (Phi) is 7.85. The first-order chi connectivity index (χ1) is 15.9. The molecule has 3 heterocycles. The molecule has 0 aliphatic carbocycles. The zero-order valence-electron chi connectivity index (χ0n) is 18.4. The van der Waals surface area contributed by atoms with Crippen molar-refractivity contribution < 1.29 is 39.7 Å². The number of aliphatic hydroxyl groups excluding tert-OH is 5. The number of hydrogen-bond donors (Lipinski definition) is 5. The lowest BCUT2D eigenvalue weighted by molar-refractivity contribution is -0.277. The lowest BCUT2D eigenvalue weighted by Gasteiger charge is -2.39. The molecule has 0 amide bonds. The molecule has 2 aromatic rings. The average Bonchev–Trinajstić information content (AvgIpc) is 2.83. The van der Waals surface area contributed by atoms with Crippen molar-refractivity contribution in [2.45, 2.75) is 75.3 Å². The summed E-state index contributed by atoms with van der Waals surface area (Å²) in [7, 11) is 0. The van der Waals surface area contributed by atoms with Crippen molar-refractivity contribution in [3.8, 4) is 17.2 Å². The van der Waals surface area contributed by atoms with E-state index in [1.807, 2.05) is 36.4 Å². The second kappa shape index (κ2) is 10.8. The van der Waals surface area contributed by atoms with Crippen LogP contribution in [-0.2, 0) is 17.6 Å². The minimum atomic E-state index is -1.53. The molecule has 5 rings (SSSR count). The fraction of sp³-hybridized carbons (Fsp3) is 0.520. The van der Waals surface area contributed by atoms with Crippen molar-refractivity contribution in [1.82, 2.24) is 0 Å². The summed E-state index contributed by atoms with van der Waals surface area (Å²) in [5.74, 6) is 1.32. The van der Waals surface area contributed by atoms with Crippen LogP contribution in [0.3, 0.4) is 0 Å². The van der Waals surface area contributed by atoms with Gasteiger partial charge in [-0.2, -0.15) is 0 Å². The number of ether oxygens (including phenoxy) is 3. The van der Waals surface area contributed by atoms with Crippen molar-refractivity contribution >= 4 is 0 Å². The van der Waals surface area contributed by atoms with Crippen LogP contribution in [0, 0.1) is 0 Å². The zero-order chi connectivity index (χ0) is 23.4. The Morgan fingerprint density at radius 3 is 2.33 bits per heavy atom. The smallest absolute Gasteiger partial charge is 0.229 e. The molecule has 33 heavy (non-hydrogen) atoms. The molecule has 4 unspecified atom stereocenters. The Bertz CT molecular complexity index is 900. The number of benzene rings is 2. The molecule has 8 heteroatoms. The number of aliphatic hydroxyl groups is 5. The maximum Gasteiger partial charge on any atom is 0.229 e. The summed E-state index contributed by atoms with van der Waals surface area (Å²) >= 11 is 0. The standard InChI is InChI=1S/C25H32O8/c26-14-21-22(28)23(29)24(30)25(33-21)32-19-12-8-16-3-1-2-4-17(27)9-5-15-6-10-18(11-7-15)31-20(19)13-16/h6-8,10-13,17,21-30H,1-5,9,14H2/t17-,21?,22+,23?,24?,25?/m1/s1. The summed E-state index contributed by atoms with van der Waals surface area (Å²) in [5, 5.41) is 50.1. The van der Waals surface area contributed by atoms with Crippen molar-refractivity contribution in [3.63, 3.8) is 0 Å². The summed E-state index contributed by atoms with van der Waals surface area (Å²) in [6, 6.07) is 13.1. The highest BCUT2D eigenvalue weighted by Gasteiger charge is 2.45. The molecule has 1 saturated heterocycles. The van der Waals surface area contributed by atoms with Gasteiger partial charge in [0.05, 0.1) is 12.7 Å². The van der Waals surface area contributed by atoms with Crippen LogP contribution in [0.5, 0.6) is 17.2 Å². The number of fused-ring (bicyclic) bond motifs is 8. The predicted molar refractivity (Wildman–Crippen MR) is 119 cm³/mol. The summed E-state index contributed by atoms with van der Waals surface area (Å²) in [6.07, 6.45) is -2.23. The van der Waals surface area contributed by atoms with Gasteiger partial charge in [0.1, 0.15) is 30.2 Å². The maximum atomic E-state index is 10.3. The van der Waals surface area contributed by atoms with E-state index in [0.717, 1.165) is 49.7 Å². The van der Waals surface area contributed by atoms with E-state index in [0.29, 0.717) is 17.2 Å². The molecule has 5 N–H and O–H groups in total. The molecule has 6 atom stereocenters. The fourth-order valence-corrected chi connectivity index (χ4v) is 4.21. The number of aryl methyl sites for hydroxylation is 2. The van der Waals surface area contributed by atoms with Crippen LogP contribution in [0.4, 0.5) is 0 Å². The minimum absolute atomic E-state index is 0.298. The van der Waals surface area contributed by atoms with Crippen LogP contribution in [0.25, 0.3) is 0 Å². The van der Waals surface area contributed by atoms with E-state index >= 15 is 0 Å². The van der Waals surface area contributed by atoms with Gasteiger partial charge in [-0.3, -0.25) is 0 Å². The first-order valence-corrected chi connectivity index (χ1v) is 11.5. The van der Waals surface area contributed by atoms with E-state index in [-0.39, 0.29) is 6.10 Å². The van der Waals surface area contributed by atoms with Gasteiger partial charge in [-0.1, -0.05) is 24.6 Å². The highest BCUT2D eigenvalue weighted by Crippen LogP contribution is 2.36. The van der Waals surface area contributed by atoms with Gasteiger partial charge in [-0.25, -0.2) is 0 Å². The van der Waals surface area contributed by atoms with Crippen LogP contribution in [-0.4, -0.2) is 68.9 Å². The molecule has 0 aromatic heterocycles. The minimum Gasteiger partial charge on any atom is -0.458 e. The molecule has 2 aromatic carbocycles. The van der Waals surface area contributed by atoms with Gasteiger partial charge in [0.25, 0.3) is 0 Å². The summed E-state index contributed by atoms with van der Waals surface area (Å²) < 4.78 is 17.4. The summed E-state index contributed by atoms with van der Waals surface area (Å²) in [6.45, 7) is -0.534. The molecule has 4 bridgehead atoms. The molecular formula is C25H32O8. The van der Waals surface area contributed by atoms with E-state index in [1.54, 1.807) is 6.07 Å². The van der Waals surface area contributed by atoms with Gasteiger partial charge in [-0.15, -0.1) is 0 Å². The third kappa shape index (κ3) is 5.84. The van der Waals surface area contributed by atoms with Gasteiger partial charge in [0, 0.05) is 0 Å². The Morgan fingerprint density at radius 2 is 1.58 bits per heavy atom. The second-order valence-corrected chi connectivity index (χ2v) is 8.78. The predicted octanol–water partition coefficient (Wildman–Crippen LogP) is 1.68. The molecule has 8 nitrogen and oxygen atoms in total. The molecule has 3 aliphatic heterocycles. The van der Waals surface area contributed by atoms with Crippen LogP contribution < -0.4 is 9.47 Å². The Balaban J connectivity index is 1.59. The lowest BCUT2D eigenvalue weighted by atomic mass is 9.99. The van der Waals surface area contributed by atoms with Crippen molar-refractivity contribution in [3.05, 3.63) is 53.6 Å². The largest absolute Gasteiger partial charge is 0.458 e. The van der Waals surface area contributed by atoms with Gasteiger partial charge in [-0.05, 0) is 67.5 Å². The van der Waals surface area contributed by atoms with Crippen LogP contribution in [0.1, 0.15) is 36.8 Å². The van der Waals surface area contributed by atoms with Crippen LogP contribution in [0.15, 0.2) is 42.5 Å². The van der Waals surface area contributed by atoms with Crippen LogP contribution in [0.2, 0.25) is 0 Å².